The van der Waals surface area contributed by atoms with Gasteiger partial charge in [0.1, 0.15) is 0 Å². The second-order valence-corrected chi connectivity index (χ2v) is 2.84. The average Bonchev–Trinajstić information content (AvgIpc) is 2.08. The largest absolute Gasteiger partial charge is 0.364 e. The summed E-state index contributed by atoms with van der Waals surface area (Å²) in [5, 5.41) is 10.3. The van der Waals surface area contributed by atoms with Gasteiger partial charge in [0.05, 0.1) is 0 Å². The van der Waals surface area contributed by atoms with Gasteiger partial charge in [-0.05, 0) is 16.8 Å². The molecule has 0 aliphatic rings. The molecule has 1 heterocycles. The van der Waals surface area contributed by atoms with Crippen LogP contribution in [0.1, 0.15) is 23.2 Å². The number of aryl methyl sites for hydroxylation is 1. The van der Waals surface area contributed by atoms with Crippen molar-refractivity contribution in [1.29, 1.82) is 0 Å². The summed E-state index contributed by atoms with van der Waals surface area (Å²) in [6, 6.07) is 0.812. The molecule has 76 valence electrons. The van der Waals surface area contributed by atoms with E-state index in [9.17, 15) is 18.9 Å². The minimum Gasteiger partial charge on any atom is -0.358 e. The number of halogens is 2. The van der Waals surface area contributed by atoms with E-state index in [2.05, 4.69) is 4.98 Å². The van der Waals surface area contributed by atoms with Gasteiger partial charge >= 0.3 is 5.82 Å². The number of hydrogen-bond acceptors (Lipinski definition) is 3. The molecule has 14 heavy (non-hydrogen) atoms. The van der Waals surface area contributed by atoms with E-state index < -0.39 is 17.2 Å². The molecule has 0 amide bonds. The lowest BCUT2D eigenvalue weighted by Gasteiger charge is -2.04. The van der Waals surface area contributed by atoms with Gasteiger partial charge in [-0.3, -0.25) is 0 Å². The normalized spacial score (nSPS) is 10.6. The molecule has 0 N–H and O–H groups in total. The van der Waals surface area contributed by atoms with E-state index in [0.29, 0.717) is 5.56 Å². The maximum absolute atomic E-state index is 12.4. The molecule has 0 atom stereocenters. The monoisotopic (exact) mass is 202 g/mol. The third-order valence-corrected chi connectivity index (χ3v) is 1.96. The van der Waals surface area contributed by atoms with Crippen LogP contribution in [0.25, 0.3) is 0 Å². The molecule has 0 radical (unpaired) electrons. The lowest BCUT2D eigenvalue weighted by molar-refractivity contribution is -0.389. The van der Waals surface area contributed by atoms with Crippen LogP contribution in [0, 0.1) is 24.0 Å². The molecule has 0 saturated heterocycles. The molecule has 1 aromatic rings. The van der Waals surface area contributed by atoms with Gasteiger partial charge in [0.2, 0.25) is 0 Å². The van der Waals surface area contributed by atoms with Gasteiger partial charge in [-0.2, -0.15) is 0 Å². The predicted molar refractivity (Wildman–Crippen MR) is 45.3 cm³/mol. The van der Waals surface area contributed by atoms with Crippen LogP contribution in [0.15, 0.2) is 6.07 Å². The Bertz CT molecular complexity index is 380. The summed E-state index contributed by atoms with van der Waals surface area (Å²) in [4.78, 5) is 13.1. The first-order chi connectivity index (χ1) is 6.43. The zero-order valence-electron chi connectivity index (χ0n) is 7.62. The van der Waals surface area contributed by atoms with Crippen molar-refractivity contribution in [3.8, 4) is 0 Å². The van der Waals surface area contributed by atoms with Crippen LogP contribution in [0.4, 0.5) is 14.6 Å². The molecule has 1 aromatic heterocycles. The van der Waals surface area contributed by atoms with Crippen molar-refractivity contribution in [3.63, 3.8) is 0 Å². The fourth-order valence-electron chi connectivity index (χ4n) is 1.06. The minimum atomic E-state index is -2.71. The first-order valence-corrected chi connectivity index (χ1v) is 3.84. The Morgan fingerprint density at radius 1 is 1.50 bits per heavy atom. The highest BCUT2D eigenvalue weighted by Crippen LogP contribution is 2.26. The van der Waals surface area contributed by atoms with Crippen LogP contribution < -0.4 is 0 Å². The van der Waals surface area contributed by atoms with E-state index in [-0.39, 0.29) is 11.3 Å². The summed E-state index contributed by atoms with van der Waals surface area (Å²) in [5.74, 6) is -0.539. The Morgan fingerprint density at radius 2 is 2.07 bits per heavy atom. The Labute approximate surface area is 78.7 Å². The van der Waals surface area contributed by atoms with Crippen LogP contribution in [0.2, 0.25) is 0 Å². The van der Waals surface area contributed by atoms with Crippen molar-refractivity contribution < 1.29 is 13.7 Å². The molecule has 0 aliphatic carbocycles. The van der Waals surface area contributed by atoms with E-state index in [1.54, 1.807) is 0 Å². The van der Waals surface area contributed by atoms with Gasteiger partial charge < -0.3 is 10.1 Å². The molecular formula is C8H8F2N2O2. The summed E-state index contributed by atoms with van der Waals surface area (Å²) < 4.78 is 24.8. The second-order valence-electron chi connectivity index (χ2n) is 2.84. The quantitative estimate of drug-likeness (QED) is 0.547. The molecule has 1 rings (SSSR count). The Hall–Kier alpha value is -1.59. The molecule has 6 heteroatoms. The van der Waals surface area contributed by atoms with E-state index in [4.69, 9.17) is 0 Å². The van der Waals surface area contributed by atoms with Crippen molar-refractivity contribution in [2.24, 2.45) is 0 Å². The van der Waals surface area contributed by atoms with Crippen LogP contribution in [0.3, 0.4) is 0 Å². The van der Waals surface area contributed by atoms with Crippen LogP contribution in [0.5, 0.6) is 0 Å². The van der Waals surface area contributed by atoms with Gasteiger partial charge in [0.25, 0.3) is 6.43 Å². The number of aromatic nitrogens is 1. The minimum absolute atomic E-state index is 0.259. The number of hydrogen-bond donors (Lipinski definition) is 0. The number of alkyl halides is 2. The lowest BCUT2D eigenvalue weighted by Crippen LogP contribution is -2.00. The first kappa shape index (κ1) is 10.5. The summed E-state index contributed by atoms with van der Waals surface area (Å²) in [6.07, 6.45) is -2.71. The summed E-state index contributed by atoms with van der Waals surface area (Å²) in [7, 11) is 0. The number of rotatable bonds is 2. The molecule has 0 saturated carbocycles. The van der Waals surface area contributed by atoms with Crippen molar-refractivity contribution >= 4 is 5.82 Å². The Morgan fingerprint density at radius 3 is 2.50 bits per heavy atom. The van der Waals surface area contributed by atoms with Gasteiger partial charge in [-0.25, -0.2) is 8.78 Å². The standard InChI is InChI=1S/C8H8F2N2O2/c1-4-5(2)11-7(12(13)14)3-6(4)8(9)10/h3,8H,1-2H3. The topological polar surface area (TPSA) is 56.0 Å². The third-order valence-electron chi connectivity index (χ3n) is 1.96. The fraction of sp³-hybridized carbons (Fsp3) is 0.375. The zero-order valence-corrected chi connectivity index (χ0v) is 7.62. The van der Waals surface area contributed by atoms with Crippen molar-refractivity contribution in [1.82, 2.24) is 4.98 Å². The van der Waals surface area contributed by atoms with Crippen LogP contribution in [-0.2, 0) is 0 Å². The lowest BCUT2D eigenvalue weighted by atomic mass is 10.1. The number of pyridine rings is 1. The molecule has 0 spiro atoms. The van der Waals surface area contributed by atoms with Gasteiger partial charge in [-0.1, -0.05) is 0 Å². The second kappa shape index (κ2) is 3.65. The maximum Gasteiger partial charge on any atom is 0.364 e. The Balaban J connectivity index is 3.35. The number of nitrogens with zero attached hydrogens (tertiary/aromatic N) is 2. The fourth-order valence-corrected chi connectivity index (χ4v) is 1.06. The molecule has 0 unspecified atom stereocenters. The molecular weight excluding hydrogens is 194 g/mol. The van der Waals surface area contributed by atoms with Gasteiger partial charge in [0.15, 0.2) is 5.69 Å². The van der Waals surface area contributed by atoms with Gasteiger partial charge in [-0.15, -0.1) is 0 Å². The van der Waals surface area contributed by atoms with Crippen molar-refractivity contribution in [2.45, 2.75) is 20.3 Å². The van der Waals surface area contributed by atoms with E-state index in [0.717, 1.165) is 6.07 Å². The third kappa shape index (κ3) is 1.84. The molecule has 0 bridgehead atoms. The zero-order chi connectivity index (χ0) is 10.9. The highest BCUT2D eigenvalue weighted by molar-refractivity contribution is 5.37. The highest BCUT2D eigenvalue weighted by atomic mass is 19.3. The predicted octanol–water partition coefficient (Wildman–Crippen LogP) is 2.54. The molecule has 0 fully saturated rings. The Kier molecular flexibility index (Phi) is 2.73. The summed E-state index contributed by atoms with van der Waals surface area (Å²) in [6.45, 7) is 2.93. The van der Waals surface area contributed by atoms with Crippen LogP contribution in [-0.4, -0.2) is 9.91 Å². The van der Waals surface area contributed by atoms with E-state index >= 15 is 0 Å². The molecule has 0 aromatic carbocycles. The maximum atomic E-state index is 12.4. The van der Waals surface area contributed by atoms with E-state index in [1.165, 1.54) is 13.8 Å². The smallest absolute Gasteiger partial charge is 0.358 e. The van der Waals surface area contributed by atoms with Crippen molar-refractivity contribution in [2.75, 3.05) is 0 Å². The SMILES string of the molecule is Cc1nc([N+](=O)[O-])cc(C(F)F)c1C. The first-order valence-electron chi connectivity index (χ1n) is 3.84. The van der Waals surface area contributed by atoms with Crippen LogP contribution >= 0.6 is 0 Å². The average molecular weight is 202 g/mol. The molecule has 0 aliphatic heterocycles. The highest BCUT2D eigenvalue weighted by Gasteiger charge is 2.20. The van der Waals surface area contributed by atoms with E-state index in [1.807, 2.05) is 0 Å². The number of nitro groups is 1. The summed E-state index contributed by atoms with van der Waals surface area (Å²) in [5.41, 5.74) is 0.226. The van der Waals surface area contributed by atoms with Gasteiger partial charge in [0, 0.05) is 24.1 Å². The summed E-state index contributed by atoms with van der Waals surface area (Å²) >= 11 is 0. The molecule has 4 nitrogen and oxygen atoms in total. The van der Waals surface area contributed by atoms with Crippen molar-refractivity contribution in [3.05, 3.63) is 33.0 Å².